The summed E-state index contributed by atoms with van der Waals surface area (Å²) in [7, 11) is 0. The van der Waals surface area contributed by atoms with Crippen molar-refractivity contribution < 1.29 is 4.39 Å². The molecule has 1 aromatic rings. The molecule has 0 radical (unpaired) electrons. The second-order valence-corrected chi connectivity index (χ2v) is 14.9. The standard InChI is InChI=1S/C38H61F/c1-3-5-6-8-29-11-15-31(16-12-29)32-17-19-34(20-18-32)36-25-26-37(38(39)27-36)35-23-21-33(22-24-35)30-13-9-28(7-4-2)10-14-30/h25-35H,3-24H2,1-2H3. The lowest BCUT2D eigenvalue weighted by Gasteiger charge is -2.38. The topological polar surface area (TPSA) is 0 Å². The van der Waals surface area contributed by atoms with Crippen LogP contribution in [0.25, 0.3) is 0 Å². The van der Waals surface area contributed by atoms with Gasteiger partial charge in [0, 0.05) is 0 Å². The maximum Gasteiger partial charge on any atom is 0.126 e. The Morgan fingerprint density at radius 3 is 1.51 bits per heavy atom. The molecule has 4 aliphatic rings. The third-order valence-corrected chi connectivity index (χ3v) is 12.5. The van der Waals surface area contributed by atoms with Gasteiger partial charge in [-0.3, -0.25) is 0 Å². The number of benzene rings is 1. The SMILES string of the molecule is CCCCCC1CCC(C2CCC(c3ccc(C4CCC(C5CCC(CCC)CC5)CC4)c(F)c3)CC2)CC1. The highest BCUT2D eigenvalue weighted by Crippen LogP contribution is 2.47. The van der Waals surface area contributed by atoms with E-state index >= 15 is 4.39 Å². The van der Waals surface area contributed by atoms with Gasteiger partial charge in [-0.2, -0.15) is 0 Å². The quantitative estimate of drug-likeness (QED) is 0.261. The predicted octanol–water partition coefficient (Wildman–Crippen LogP) is 12.4. The van der Waals surface area contributed by atoms with Crippen molar-refractivity contribution in [3.8, 4) is 0 Å². The molecule has 0 saturated heterocycles. The van der Waals surface area contributed by atoms with Crippen molar-refractivity contribution in [3.63, 3.8) is 0 Å². The van der Waals surface area contributed by atoms with Gasteiger partial charge in [0.2, 0.25) is 0 Å². The highest BCUT2D eigenvalue weighted by molar-refractivity contribution is 5.30. The first-order valence-electron chi connectivity index (χ1n) is 17.9. The molecular formula is C38H61F. The predicted molar refractivity (Wildman–Crippen MR) is 166 cm³/mol. The van der Waals surface area contributed by atoms with Crippen LogP contribution in [0, 0.1) is 41.3 Å². The van der Waals surface area contributed by atoms with Crippen LogP contribution < -0.4 is 0 Å². The summed E-state index contributed by atoms with van der Waals surface area (Å²) in [5.74, 6) is 6.98. The summed E-state index contributed by atoms with van der Waals surface area (Å²) >= 11 is 0. The van der Waals surface area contributed by atoms with Crippen LogP contribution in [0.2, 0.25) is 0 Å². The normalized spacial score (nSPS) is 36.1. The third-order valence-electron chi connectivity index (χ3n) is 12.5. The van der Waals surface area contributed by atoms with Crippen molar-refractivity contribution >= 4 is 0 Å². The Balaban J connectivity index is 1.05. The Morgan fingerprint density at radius 2 is 1.03 bits per heavy atom. The molecule has 1 heteroatoms. The lowest BCUT2D eigenvalue weighted by atomic mass is 9.67. The molecular weight excluding hydrogens is 475 g/mol. The van der Waals surface area contributed by atoms with E-state index in [1.807, 2.05) is 6.07 Å². The average molecular weight is 537 g/mol. The second-order valence-electron chi connectivity index (χ2n) is 14.9. The molecule has 0 atom stereocenters. The van der Waals surface area contributed by atoms with Gasteiger partial charge in [0.1, 0.15) is 5.82 Å². The molecule has 0 nitrogen and oxygen atoms in total. The van der Waals surface area contributed by atoms with Crippen molar-refractivity contribution in [2.45, 2.75) is 167 Å². The van der Waals surface area contributed by atoms with Gasteiger partial charge in [0.15, 0.2) is 0 Å². The molecule has 4 aliphatic carbocycles. The first-order chi connectivity index (χ1) is 19.1. The number of halogens is 1. The van der Waals surface area contributed by atoms with Crippen molar-refractivity contribution in [1.29, 1.82) is 0 Å². The lowest BCUT2D eigenvalue weighted by molar-refractivity contribution is 0.155. The minimum atomic E-state index is 0.111. The summed E-state index contributed by atoms with van der Waals surface area (Å²) in [5, 5.41) is 0. The maximum atomic E-state index is 15.5. The molecule has 5 rings (SSSR count). The van der Waals surface area contributed by atoms with Crippen LogP contribution in [0.15, 0.2) is 18.2 Å². The zero-order chi connectivity index (χ0) is 27.0. The number of unbranched alkanes of at least 4 members (excludes halogenated alkanes) is 2. The third kappa shape index (κ3) is 7.92. The van der Waals surface area contributed by atoms with Gasteiger partial charge >= 0.3 is 0 Å². The van der Waals surface area contributed by atoms with E-state index in [9.17, 15) is 0 Å². The van der Waals surface area contributed by atoms with Crippen LogP contribution in [0.5, 0.6) is 0 Å². The van der Waals surface area contributed by atoms with E-state index in [4.69, 9.17) is 0 Å². The molecule has 0 heterocycles. The fourth-order valence-corrected chi connectivity index (χ4v) is 9.94. The van der Waals surface area contributed by atoms with Crippen LogP contribution in [0.3, 0.4) is 0 Å². The van der Waals surface area contributed by atoms with E-state index < -0.39 is 0 Å². The van der Waals surface area contributed by atoms with Crippen LogP contribution in [-0.4, -0.2) is 0 Å². The molecule has 0 unspecified atom stereocenters. The molecule has 0 aromatic heterocycles. The number of hydrogen-bond donors (Lipinski definition) is 0. The van der Waals surface area contributed by atoms with E-state index in [0.29, 0.717) is 11.8 Å². The molecule has 220 valence electrons. The van der Waals surface area contributed by atoms with E-state index in [1.54, 1.807) is 0 Å². The summed E-state index contributed by atoms with van der Waals surface area (Å²) in [5.41, 5.74) is 2.33. The highest BCUT2D eigenvalue weighted by Gasteiger charge is 2.33. The Hall–Kier alpha value is -0.850. The minimum Gasteiger partial charge on any atom is -0.207 e. The first-order valence-corrected chi connectivity index (χ1v) is 17.9. The molecule has 4 saturated carbocycles. The smallest absolute Gasteiger partial charge is 0.126 e. The van der Waals surface area contributed by atoms with Crippen molar-refractivity contribution in [2.24, 2.45) is 35.5 Å². The van der Waals surface area contributed by atoms with E-state index in [1.165, 1.54) is 147 Å². The molecule has 39 heavy (non-hydrogen) atoms. The van der Waals surface area contributed by atoms with Gasteiger partial charge in [-0.05, 0) is 142 Å². The van der Waals surface area contributed by atoms with Crippen LogP contribution >= 0.6 is 0 Å². The Labute approximate surface area is 241 Å². The largest absolute Gasteiger partial charge is 0.207 e. The lowest BCUT2D eigenvalue weighted by Crippen LogP contribution is -2.26. The molecule has 0 aliphatic heterocycles. The van der Waals surface area contributed by atoms with Gasteiger partial charge in [-0.15, -0.1) is 0 Å². The van der Waals surface area contributed by atoms with Gasteiger partial charge in [-0.25, -0.2) is 4.39 Å². The summed E-state index contributed by atoms with van der Waals surface area (Å²) < 4.78 is 15.5. The van der Waals surface area contributed by atoms with Gasteiger partial charge < -0.3 is 0 Å². The summed E-state index contributed by atoms with van der Waals surface area (Å²) in [6, 6.07) is 6.49. The van der Waals surface area contributed by atoms with Crippen molar-refractivity contribution in [1.82, 2.24) is 0 Å². The van der Waals surface area contributed by atoms with Crippen LogP contribution in [0.4, 0.5) is 4.39 Å². The Morgan fingerprint density at radius 1 is 0.538 bits per heavy atom. The summed E-state index contributed by atoms with van der Waals surface area (Å²) in [6.07, 6.45) is 30.7. The first kappa shape index (κ1) is 29.6. The van der Waals surface area contributed by atoms with Crippen LogP contribution in [0.1, 0.15) is 178 Å². The summed E-state index contributed by atoms with van der Waals surface area (Å²) in [6.45, 7) is 4.66. The molecule has 1 aromatic carbocycles. The Bertz CT molecular complexity index is 826. The van der Waals surface area contributed by atoms with Crippen molar-refractivity contribution in [3.05, 3.63) is 35.1 Å². The monoisotopic (exact) mass is 536 g/mol. The molecule has 0 N–H and O–H groups in total. The highest BCUT2D eigenvalue weighted by atomic mass is 19.1. The average Bonchev–Trinajstić information content (AvgIpc) is 2.98. The molecule has 0 amide bonds. The second kappa shape index (κ2) is 14.9. The zero-order valence-corrected chi connectivity index (χ0v) is 25.8. The fraction of sp³-hybridized carbons (Fsp3) is 0.842. The zero-order valence-electron chi connectivity index (χ0n) is 25.8. The van der Waals surface area contributed by atoms with E-state index in [-0.39, 0.29) is 5.82 Å². The van der Waals surface area contributed by atoms with E-state index in [0.717, 1.165) is 41.1 Å². The minimum absolute atomic E-state index is 0.111. The number of rotatable bonds is 10. The molecule has 0 bridgehead atoms. The van der Waals surface area contributed by atoms with Crippen LogP contribution in [-0.2, 0) is 0 Å². The fourth-order valence-electron chi connectivity index (χ4n) is 9.94. The molecule has 4 fully saturated rings. The summed E-state index contributed by atoms with van der Waals surface area (Å²) in [4.78, 5) is 0. The van der Waals surface area contributed by atoms with Gasteiger partial charge in [0.05, 0.1) is 0 Å². The molecule has 0 spiro atoms. The van der Waals surface area contributed by atoms with Gasteiger partial charge in [0.25, 0.3) is 0 Å². The van der Waals surface area contributed by atoms with E-state index in [2.05, 4.69) is 26.0 Å². The van der Waals surface area contributed by atoms with Gasteiger partial charge in [-0.1, -0.05) is 90.2 Å². The maximum absolute atomic E-state index is 15.5. The number of hydrogen-bond acceptors (Lipinski definition) is 0. The van der Waals surface area contributed by atoms with Crippen molar-refractivity contribution in [2.75, 3.05) is 0 Å². The Kier molecular flexibility index (Phi) is 11.3.